The number of Topliss-reactive ketones (excluding diaryl/α,β-unsaturated/α-hetero) is 1. The van der Waals surface area contributed by atoms with Crippen molar-refractivity contribution in [2.45, 2.75) is 46.3 Å². The molecule has 0 fully saturated rings. The van der Waals surface area contributed by atoms with Crippen LogP contribution in [-0.2, 0) is 16.1 Å². The van der Waals surface area contributed by atoms with E-state index in [9.17, 15) is 4.79 Å². The Hall–Kier alpha value is -1.61. The molecule has 3 heteroatoms. The third-order valence-electron chi connectivity index (χ3n) is 3.89. The van der Waals surface area contributed by atoms with Crippen LogP contribution in [0.15, 0.2) is 35.9 Å². The van der Waals surface area contributed by atoms with Gasteiger partial charge in [0, 0.05) is 6.42 Å². The summed E-state index contributed by atoms with van der Waals surface area (Å²) in [4.78, 5) is 12.0. The third-order valence-corrected chi connectivity index (χ3v) is 3.89. The molecule has 0 saturated carbocycles. The van der Waals surface area contributed by atoms with Crippen LogP contribution in [0.5, 0.6) is 5.75 Å². The van der Waals surface area contributed by atoms with E-state index in [-0.39, 0.29) is 17.3 Å². The smallest absolute Gasteiger partial charge is 0.158 e. The molecule has 1 unspecified atom stereocenters. The highest BCUT2D eigenvalue weighted by Crippen LogP contribution is 2.33. The molecule has 0 aromatic heterocycles. The highest BCUT2D eigenvalue weighted by atomic mass is 16.5. The highest BCUT2D eigenvalue weighted by molar-refractivity contribution is 5.95. The number of hydrogen-bond donors (Lipinski definition) is 0. The first-order valence-electron chi connectivity index (χ1n) is 7.36. The van der Waals surface area contributed by atoms with Crippen LogP contribution in [0.25, 0.3) is 0 Å². The van der Waals surface area contributed by atoms with Crippen molar-refractivity contribution in [2.75, 3.05) is 7.11 Å². The van der Waals surface area contributed by atoms with Gasteiger partial charge in [0.15, 0.2) is 5.78 Å². The molecule has 21 heavy (non-hydrogen) atoms. The van der Waals surface area contributed by atoms with E-state index in [1.807, 2.05) is 37.3 Å². The maximum absolute atomic E-state index is 12.0. The summed E-state index contributed by atoms with van der Waals surface area (Å²) in [7, 11) is 1.66. The second-order valence-corrected chi connectivity index (χ2v) is 6.52. The molecule has 1 aromatic rings. The average molecular weight is 288 g/mol. The fourth-order valence-corrected chi connectivity index (χ4v) is 2.65. The Labute approximate surface area is 127 Å². The molecule has 0 heterocycles. The molecule has 1 aliphatic carbocycles. The van der Waals surface area contributed by atoms with Gasteiger partial charge in [0.05, 0.1) is 19.8 Å². The molecule has 1 atom stereocenters. The van der Waals surface area contributed by atoms with Crippen LogP contribution in [0.3, 0.4) is 0 Å². The Bertz CT molecular complexity index is 526. The zero-order valence-corrected chi connectivity index (χ0v) is 13.3. The summed E-state index contributed by atoms with van der Waals surface area (Å²) in [5.74, 6) is 1.08. The van der Waals surface area contributed by atoms with Crippen molar-refractivity contribution in [3.8, 4) is 5.75 Å². The van der Waals surface area contributed by atoms with Gasteiger partial charge >= 0.3 is 0 Å². The van der Waals surface area contributed by atoms with Crippen LogP contribution in [0.4, 0.5) is 0 Å². The van der Waals surface area contributed by atoms with Gasteiger partial charge in [0.2, 0.25) is 0 Å². The molecule has 0 N–H and O–H groups in total. The van der Waals surface area contributed by atoms with Gasteiger partial charge < -0.3 is 9.47 Å². The molecular weight excluding hydrogens is 264 g/mol. The van der Waals surface area contributed by atoms with Crippen molar-refractivity contribution in [1.82, 2.24) is 0 Å². The van der Waals surface area contributed by atoms with Crippen molar-refractivity contribution >= 4 is 5.78 Å². The van der Waals surface area contributed by atoms with Crippen molar-refractivity contribution < 1.29 is 14.3 Å². The van der Waals surface area contributed by atoms with Gasteiger partial charge in [-0.1, -0.05) is 26.0 Å². The van der Waals surface area contributed by atoms with Crippen molar-refractivity contribution in [3.63, 3.8) is 0 Å². The summed E-state index contributed by atoms with van der Waals surface area (Å²) in [6.07, 6.45) is 3.43. The molecular formula is C18H24O3. The van der Waals surface area contributed by atoms with Gasteiger partial charge in [-0.25, -0.2) is 0 Å². The number of carbonyl (C=O) groups excluding carboxylic acids is 1. The topological polar surface area (TPSA) is 35.5 Å². The van der Waals surface area contributed by atoms with E-state index in [1.165, 1.54) is 0 Å². The second kappa shape index (κ2) is 6.44. The van der Waals surface area contributed by atoms with Crippen LogP contribution in [0.1, 0.15) is 39.2 Å². The third kappa shape index (κ3) is 4.43. The summed E-state index contributed by atoms with van der Waals surface area (Å²) in [6, 6.07) is 7.87. The quantitative estimate of drug-likeness (QED) is 0.842. The standard InChI is InChI=1S/C18H24O3/c1-13-9-16(10-18(2,3)11-17(13)19)21-12-14-5-7-15(20-4)8-6-14/h5-9,16H,10-12H2,1-4H3. The molecule has 0 radical (unpaired) electrons. The maximum atomic E-state index is 12.0. The number of methoxy groups -OCH3 is 1. The number of ether oxygens (including phenoxy) is 2. The molecule has 0 bridgehead atoms. The normalized spacial score (nSPS) is 21.6. The molecule has 1 aliphatic rings. The lowest BCUT2D eigenvalue weighted by Gasteiger charge is -2.25. The highest BCUT2D eigenvalue weighted by Gasteiger charge is 2.29. The van der Waals surface area contributed by atoms with E-state index < -0.39 is 0 Å². The van der Waals surface area contributed by atoms with Gasteiger partial charge in [-0.2, -0.15) is 0 Å². The van der Waals surface area contributed by atoms with Crippen LogP contribution in [-0.4, -0.2) is 19.0 Å². The first-order valence-corrected chi connectivity index (χ1v) is 7.36. The summed E-state index contributed by atoms with van der Waals surface area (Å²) in [5, 5.41) is 0. The Morgan fingerprint density at radius 1 is 1.24 bits per heavy atom. The number of ketones is 1. The summed E-state index contributed by atoms with van der Waals surface area (Å²) < 4.78 is 11.2. The molecule has 1 aromatic carbocycles. The number of benzene rings is 1. The monoisotopic (exact) mass is 288 g/mol. The average Bonchev–Trinajstić information content (AvgIpc) is 2.53. The molecule has 0 amide bonds. The van der Waals surface area contributed by atoms with Crippen molar-refractivity contribution in [1.29, 1.82) is 0 Å². The zero-order chi connectivity index (χ0) is 15.5. The first-order chi connectivity index (χ1) is 9.89. The minimum absolute atomic E-state index is 0.00597. The van der Waals surface area contributed by atoms with Crippen LogP contribution in [0, 0.1) is 5.41 Å². The van der Waals surface area contributed by atoms with Gasteiger partial charge in [-0.15, -0.1) is 0 Å². The van der Waals surface area contributed by atoms with E-state index >= 15 is 0 Å². The predicted octanol–water partition coefficient (Wildman–Crippen LogP) is 3.92. The Balaban J connectivity index is 2.01. The van der Waals surface area contributed by atoms with Crippen LogP contribution >= 0.6 is 0 Å². The minimum Gasteiger partial charge on any atom is -0.497 e. The molecule has 3 nitrogen and oxygen atoms in total. The van der Waals surface area contributed by atoms with Gasteiger partial charge in [-0.05, 0) is 48.1 Å². The van der Waals surface area contributed by atoms with Gasteiger partial charge in [0.1, 0.15) is 5.75 Å². The molecule has 0 spiro atoms. The van der Waals surface area contributed by atoms with Crippen LogP contribution in [0.2, 0.25) is 0 Å². The number of hydrogen-bond acceptors (Lipinski definition) is 3. The first kappa shape index (κ1) is 15.8. The minimum atomic E-state index is -0.0179. The van der Waals surface area contributed by atoms with Crippen LogP contribution < -0.4 is 4.74 Å². The lowest BCUT2D eigenvalue weighted by Crippen LogP contribution is -2.21. The Morgan fingerprint density at radius 2 is 1.90 bits per heavy atom. The Kier molecular flexibility index (Phi) is 4.84. The second-order valence-electron chi connectivity index (χ2n) is 6.52. The van der Waals surface area contributed by atoms with E-state index in [2.05, 4.69) is 13.8 Å². The number of carbonyl (C=O) groups is 1. The van der Waals surface area contributed by atoms with Gasteiger partial charge in [0.25, 0.3) is 0 Å². The molecule has 0 saturated heterocycles. The fourth-order valence-electron chi connectivity index (χ4n) is 2.65. The number of allylic oxidation sites excluding steroid dienone is 1. The largest absolute Gasteiger partial charge is 0.497 e. The van der Waals surface area contributed by atoms with E-state index in [1.54, 1.807) is 7.11 Å². The Morgan fingerprint density at radius 3 is 2.52 bits per heavy atom. The summed E-state index contributed by atoms with van der Waals surface area (Å²) in [6.45, 7) is 6.68. The summed E-state index contributed by atoms with van der Waals surface area (Å²) >= 11 is 0. The summed E-state index contributed by atoms with van der Waals surface area (Å²) in [5.41, 5.74) is 1.91. The van der Waals surface area contributed by atoms with Crippen molar-refractivity contribution in [2.24, 2.45) is 5.41 Å². The van der Waals surface area contributed by atoms with E-state index in [0.717, 1.165) is 23.3 Å². The van der Waals surface area contributed by atoms with Gasteiger partial charge in [-0.3, -0.25) is 4.79 Å². The fraction of sp³-hybridized carbons (Fsp3) is 0.500. The lowest BCUT2D eigenvalue weighted by atomic mass is 9.83. The molecule has 2 rings (SSSR count). The zero-order valence-electron chi connectivity index (χ0n) is 13.3. The van der Waals surface area contributed by atoms with E-state index in [4.69, 9.17) is 9.47 Å². The molecule has 0 aliphatic heterocycles. The number of rotatable bonds is 4. The van der Waals surface area contributed by atoms with E-state index in [0.29, 0.717) is 13.0 Å². The SMILES string of the molecule is COc1ccc(COC2C=C(C)C(=O)CC(C)(C)C2)cc1. The molecule has 114 valence electrons. The lowest BCUT2D eigenvalue weighted by molar-refractivity contribution is -0.117. The predicted molar refractivity (Wildman–Crippen MR) is 83.4 cm³/mol. The van der Waals surface area contributed by atoms with Crippen molar-refractivity contribution in [3.05, 3.63) is 41.5 Å². The maximum Gasteiger partial charge on any atom is 0.158 e.